The molecule has 1 aliphatic rings. The van der Waals surface area contributed by atoms with Gasteiger partial charge in [0.2, 0.25) is 0 Å². The maximum absolute atomic E-state index is 9.07. The Morgan fingerprint density at radius 3 is 1.69 bits per heavy atom. The number of hydrogen-bond acceptors (Lipinski definition) is 3. The third-order valence-corrected chi connectivity index (χ3v) is 5.83. The first kappa shape index (κ1) is 19.8. The summed E-state index contributed by atoms with van der Waals surface area (Å²) in [4.78, 5) is 5.16. The predicted molar refractivity (Wildman–Crippen MR) is 119 cm³/mol. The summed E-state index contributed by atoms with van der Waals surface area (Å²) in [5.41, 5.74) is 5.29. The minimum Gasteiger partial charge on any atom is -0.396 e. The van der Waals surface area contributed by atoms with E-state index in [0.29, 0.717) is 6.04 Å². The first-order valence-electron chi connectivity index (χ1n) is 10.6. The van der Waals surface area contributed by atoms with Crippen LogP contribution in [0.3, 0.4) is 0 Å². The molecular formula is C26H30N2O. The van der Waals surface area contributed by atoms with Crippen molar-refractivity contribution in [3.05, 3.63) is 107 Å². The number of aliphatic hydroxyl groups excluding tert-OH is 1. The summed E-state index contributed by atoms with van der Waals surface area (Å²) in [6, 6.07) is 30.7. The Bertz CT molecular complexity index is 817. The van der Waals surface area contributed by atoms with Crippen molar-refractivity contribution in [2.75, 3.05) is 32.8 Å². The number of piperazine rings is 1. The zero-order valence-corrected chi connectivity index (χ0v) is 17.0. The lowest BCUT2D eigenvalue weighted by atomic mass is 9.96. The van der Waals surface area contributed by atoms with Crippen molar-refractivity contribution in [3.63, 3.8) is 0 Å². The average Bonchev–Trinajstić information content (AvgIpc) is 2.78. The van der Waals surface area contributed by atoms with E-state index in [1.54, 1.807) is 0 Å². The van der Waals surface area contributed by atoms with Crippen LogP contribution in [-0.2, 0) is 13.0 Å². The molecule has 0 aliphatic carbocycles. The predicted octanol–water partition coefficient (Wildman–Crippen LogP) is 4.13. The summed E-state index contributed by atoms with van der Waals surface area (Å²) in [5, 5.41) is 9.07. The summed E-state index contributed by atoms with van der Waals surface area (Å²) in [6.07, 6.45) is 0.735. The molecule has 1 heterocycles. The Labute approximate surface area is 174 Å². The van der Waals surface area contributed by atoms with Gasteiger partial charge in [-0.3, -0.25) is 9.80 Å². The third-order valence-electron chi connectivity index (χ3n) is 5.83. The molecule has 1 aliphatic heterocycles. The number of hydrogen-bond donors (Lipinski definition) is 1. The molecule has 1 saturated heterocycles. The summed E-state index contributed by atoms with van der Waals surface area (Å²) in [6.45, 7) is 5.50. The molecule has 0 radical (unpaired) electrons. The summed E-state index contributed by atoms with van der Waals surface area (Å²) in [5.74, 6) is 0. The van der Waals surface area contributed by atoms with E-state index in [0.717, 1.165) is 39.1 Å². The smallest absolute Gasteiger partial charge is 0.0602 e. The lowest BCUT2D eigenvalue weighted by molar-refractivity contribution is 0.105. The van der Waals surface area contributed by atoms with Crippen LogP contribution in [0.15, 0.2) is 84.9 Å². The van der Waals surface area contributed by atoms with Gasteiger partial charge in [0, 0.05) is 39.3 Å². The molecule has 0 unspecified atom stereocenters. The fraction of sp³-hybridized carbons (Fsp3) is 0.308. The van der Waals surface area contributed by atoms with Crippen molar-refractivity contribution in [1.82, 2.24) is 9.80 Å². The van der Waals surface area contributed by atoms with Gasteiger partial charge in [-0.2, -0.15) is 0 Å². The number of aliphatic hydroxyl groups is 1. The molecule has 3 nitrogen and oxygen atoms in total. The number of benzene rings is 3. The molecule has 3 heteroatoms. The second-order valence-electron chi connectivity index (χ2n) is 7.83. The molecule has 150 valence electrons. The fourth-order valence-electron chi connectivity index (χ4n) is 4.26. The van der Waals surface area contributed by atoms with Gasteiger partial charge in [-0.15, -0.1) is 0 Å². The van der Waals surface area contributed by atoms with Gasteiger partial charge in [-0.05, 0) is 28.7 Å². The largest absolute Gasteiger partial charge is 0.396 e. The van der Waals surface area contributed by atoms with Crippen molar-refractivity contribution in [1.29, 1.82) is 0 Å². The molecule has 0 spiro atoms. The number of rotatable bonds is 7. The van der Waals surface area contributed by atoms with E-state index >= 15 is 0 Å². The minimum atomic E-state index is 0.214. The van der Waals surface area contributed by atoms with Crippen LogP contribution < -0.4 is 0 Å². The van der Waals surface area contributed by atoms with Crippen molar-refractivity contribution >= 4 is 0 Å². The van der Waals surface area contributed by atoms with Crippen LogP contribution in [0.2, 0.25) is 0 Å². The quantitative estimate of drug-likeness (QED) is 0.661. The molecule has 1 N–H and O–H groups in total. The highest BCUT2D eigenvalue weighted by Crippen LogP contribution is 2.29. The zero-order valence-electron chi connectivity index (χ0n) is 17.0. The Balaban J connectivity index is 1.41. The van der Waals surface area contributed by atoms with Gasteiger partial charge in [0.05, 0.1) is 6.04 Å². The number of nitrogens with zero attached hydrogens (tertiary/aromatic N) is 2. The van der Waals surface area contributed by atoms with Crippen LogP contribution in [0.25, 0.3) is 0 Å². The maximum atomic E-state index is 9.07. The van der Waals surface area contributed by atoms with Gasteiger partial charge < -0.3 is 5.11 Å². The molecular weight excluding hydrogens is 356 g/mol. The molecule has 0 saturated carbocycles. The minimum absolute atomic E-state index is 0.214. The van der Waals surface area contributed by atoms with Gasteiger partial charge in [-0.25, -0.2) is 0 Å². The van der Waals surface area contributed by atoms with Gasteiger partial charge >= 0.3 is 0 Å². The molecule has 0 bridgehead atoms. The normalized spacial score (nSPS) is 15.7. The van der Waals surface area contributed by atoms with Crippen molar-refractivity contribution in [2.24, 2.45) is 0 Å². The lowest BCUT2D eigenvalue weighted by Gasteiger charge is -2.40. The molecule has 1 fully saturated rings. The third kappa shape index (κ3) is 5.13. The van der Waals surface area contributed by atoms with Gasteiger partial charge in [0.25, 0.3) is 0 Å². The Hall–Kier alpha value is -2.46. The second-order valence-corrected chi connectivity index (χ2v) is 7.83. The molecule has 3 aromatic carbocycles. The summed E-state index contributed by atoms with van der Waals surface area (Å²) in [7, 11) is 0. The van der Waals surface area contributed by atoms with Crippen LogP contribution in [0.5, 0.6) is 0 Å². The molecule has 0 atom stereocenters. The maximum Gasteiger partial charge on any atom is 0.0602 e. The lowest BCUT2D eigenvalue weighted by Crippen LogP contribution is -2.47. The molecule has 3 aromatic rings. The van der Waals surface area contributed by atoms with E-state index in [2.05, 4.69) is 94.7 Å². The van der Waals surface area contributed by atoms with Crippen LogP contribution in [0, 0.1) is 0 Å². The van der Waals surface area contributed by atoms with E-state index in [-0.39, 0.29) is 6.61 Å². The highest BCUT2D eigenvalue weighted by atomic mass is 16.2. The fourth-order valence-corrected chi connectivity index (χ4v) is 4.26. The Morgan fingerprint density at radius 1 is 0.655 bits per heavy atom. The molecule has 0 amide bonds. The van der Waals surface area contributed by atoms with Gasteiger partial charge in [0.1, 0.15) is 0 Å². The molecule has 0 aromatic heterocycles. The molecule has 4 rings (SSSR count). The topological polar surface area (TPSA) is 26.7 Å². The first-order chi connectivity index (χ1) is 14.3. The van der Waals surface area contributed by atoms with Gasteiger partial charge in [0.15, 0.2) is 0 Å². The van der Waals surface area contributed by atoms with Crippen molar-refractivity contribution in [3.8, 4) is 0 Å². The van der Waals surface area contributed by atoms with Crippen LogP contribution in [0.4, 0.5) is 0 Å². The van der Waals surface area contributed by atoms with Crippen LogP contribution in [0.1, 0.15) is 28.3 Å². The Kier molecular flexibility index (Phi) is 6.73. The van der Waals surface area contributed by atoms with E-state index in [9.17, 15) is 0 Å². The van der Waals surface area contributed by atoms with Crippen LogP contribution in [-0.4, -0.2) is 47.7 Å². The monoisotopic (exact) mass is 386 g/mol. The van der Waals surface area contributed by atoms with Crippen molar-refractivity contribution in [2.45, 2.75) is 19.0 Å². The SMILES string of the molecule is OCCc1ccc(CN2CCN(C(c3ccccc3)c3ccccc3)CC2)cc1. The van der Waals surface area contributed by atoms with E-state index < -0.39 is 0 Å². The highest BCUT2D eigenvalue weighted by Gasteiger charge is 2.26. The second kappa shape index (κ2) is 9.84. The summed E-state index contributed by atoms with van der Waals surface area (Å²) < 4.78 is 0. The summed E-state index contributed by atoms with van der Waals surface area (Å²) >= 11 is 0. The van der Waals surface area contributed by atoms with Crippen LogP contribution >= 0.6 is 0 Å². The van der Waals surface area contributed by atoms with Gasteiger partial charge in [-0.1, -0.05) is 84.9 Å². The van der Waals surface area contributed by atoms with E-state index in [4.69, 9.17) is 5.11 Å². The standard InChI is InChI=1S/C26H30N2O/c29-20-15-22-11-13-23(14-12-22)21-27-16-18-28(19-17-27)26(24-7-3-1-4-8-24)25-9-5-2-6-10-25/h1-14,26,29H,15-21H2. The average molecular weight is 387 g/mol. The molecule has 29 heavy (non-hydrogen) atoms. The zero-order chi connectivity index (χ0) is 19.9. The first-order valence-corrected chi connectivity index (χ1v) is 10.6. The Morgan fingerprint density at radius 2 is 1.17 bits per heavy atom. The van der Waals surface area contributed by atoms with E-state index in [1.165, 1.54) is 22.3 Å². The highest BCUT2D eigenvalue weighted by molar-refractivity contribution is 5.32. The van der Waals surface area contributed by atoms with Crippen molar-refractivity contribution < 1.29 is 5.11 Å². The van der Waals surface area contributed by atoms with E-state index in [1.807, 2.05) is 0 Å².